The molecule has 4 unspecified atom stereocenters. The second-order valence-electron chi connectivity index (χ2n) is 10.8. The monoisotopic (exact) mass is 611 g/mol. The number of pyridine rings is 1. The van der Waals surface area contributed by atoms with Gasteiger partial charge in [-0.3, -0.25) is 4.79 Å². The molecule has 3 N–H and O–H groups in total. The van der Waals surface area contributed by atoms with Gasteiger partial charge in [-0.2, -0.15) is 0 Å². The van der Waals surface area contributed by atoms with Crippen LogP contribution in [0.1, 0.15) is 53.6 Å². The fourth-order valence-electron chi connectivity index (χ4n) is 4.96. The van der Waals surface area contributed by atoms with Gasteiger partial charge in [-0.1, -0.05) is 84.9 Å². The Morgan fingerprint density at radius 1 is 0.886 bits per heavy atom. The number of rotatable bonds is 12. The van der Waals surface area contributed by atoms with E-state index in [2.05, 4.69) is 15.6 Å². The Hall–Kier alpha value is -4.02. The van der Waals surface area contributed by atoms with Crippen LogP contribution in [0.3, 0.4) is 0 Å². The SMILES string of the molecule is CC(=O)C(Cc1ccccc1)NC(=O)NCc1ccc(C2OC(CSc3ccccn3)CC(c3ccc(CO)cc3)O2)cc1. The van der Waals surface area contributed by atoms with Crippen LogP contribution in [0, 0.1) is 0 Å². The number of aliphatic hydroxyl groups excluding tert-OH is 1. The number of ether oxygens (including phenoxy) is 2. The molecule has 1 aliphatic rings. The molecule has 0 bridgehead atoms. The van der Waals surface area contributed by atoms with E-state index in [-0.39, 0.29) is 24.6 Å². The fraction of sp³-hybridized carbons (Fsp3) is 0.286. The highest BCUT2D eigenvalue weighted by molar-refractivity contribution is 7.99. The van der Waals surface area contributed by atoms with Gasteiger partial charge in [-0.25, -0.2) is 9.78 Å². The van der Waals surface area contributed by atoms with Gasteiger partial charge in [0.1, 0.15) is 0 Å². The van der Waals surface area contributed by atoms with E-state index < -0.39 is 18.4 Å². The lowest BCUT2D eigenvalue weighted by molar-refractivity contribution is -0.245. The maximum atomic E-state index is 12.6. The number of ketones is 1. The van der Waals surface area contributed by atoms with Crippen LogP contribution in [0.15, 0.2) is 108 Å². The van der Waals surface area contributed by atoms with Gasteiger partial charge >= 0.3 is 6.03 Å². The molecule has 1 aromatic heterocycles. The number of aromatic nitrogens is 1. The minimum absolute atomic E-state index is 0.00522. The molecule has 8 nitrogen and oxygen atoms in total. The molecule has 5 rings (SSSR count). The molecule has 9 heteroatoms. The Kier molecular flexibility index (Phi) is 11.2. The molecular formula is C35H37N3O5S. The van der Waals surface area contributed by atoms with E-state index in [1.54, 1.807) is 18.0 Å². The number of benzene rings is 3. The number of urea groups is 1. The lowest BCUT2D eigenvalue weighted by Crippen LogP contribution is -2.46. The van der Waals surface area contributed by atoms with Crippen LogP contribution in [0.5, 0.6) is 0 Å². The first-order chi connectivity index (χ1) is 21.5. The molecule has 0 radical (unpaired) electrons. The van der Waals surface area contributed by atoms with E-state index in [0.717, 1.165) is 38.6 Å². The molecule has 1 aliphatic heterocycles. The highest BCUT2D eigenvalue weighted by Crippen LogP contribution is 2.39. The molecule has 4 atom stereocenters. The van der Waals surface area contributed by atoms with Gasteiger partial charge in [0.05, 0.1) is 29.9 Å². The fourth-order valence-corrected chi connectivity index (χ4v) is 5.85. The molecule has 228 valence electrons. The van der Waals surface area contributed by atoms with E-state index in [1.165, 1.54) is 6.92 Å². The number of Topliss-reactive ketones (excluding diaryl/α,β-unsaturated/α-hetero) is 1. The zero-order chi connectivity index (χ0) is 30.7. The number of nitrogens with one attached hydrogen (secondary N) is 2. The Morgan fingerprint density at radius 2 is 1.59 bits per heavy atom. The number of hydrogen-bond donors (Lipinski definition) is 3. The summed E-state index contributed by atoms with van der Waals surface area (Å²) in [7, 11) is 0. The highest BCUT2D eigenvalue weighted by Gasteiger charge is 2.32. The van der Waals surface area contributed by atoms with E-state index in [9.17, 15) is 14.7 Å². The standard InChI is InChI=1S/C35H37N3O5S/c1-24(40)31(19-25-7-3-2-4-8-25)38-35(41)37-21-26-10-16-29(17-11-26)34-42-30(23-44-33-9-5-6-18-36-33)20-32(43-34)28-14-12-27(22-39)13-15-28/h2-18,30-32,34,39H,19-23H2,1H3,(H2,37,38,41). The van der Waals surface area contributed by atoms with Gasteiger partial charge in [0.25, 0.3) is 0 Å². The number of hydrogen-bond acceptors (Lipinski definition) is 7. The summed E-state index contributed by atoms with van der Waals surface area (Å²) in [6.07, 6.45) is 2.10. The summed E-state index contributed by atoms with van der Waals surface area (Å²) >= 11 is 1.65. The second kappa shape index (κ2) is 15.6. The molecule has 0 aliphatic carbocycles. The molecule has 0 spiro atoms. The van der Waals surface area contributed by atoms with Crippen LogP contribution < -0.4 is 10.6 Å². The zero-order valence-corrected chi connectivity index (χ0v) is 25.4. The maximum absolute atomic E-state index is 12.6. The van der Waals surface area contributed by atoms with Crippen molar-refractivity contribution in [2.75, 3.05) is 5.75 Å². The lowest BCUT2D eigenvalue weighted by Gasteiger charge is -2.36. The van der Waals surface area contributed by atoms with Gasteiger partial charge in [0, 0.05) is 30.5 Å². The van der Waals surface area contributed by atoms with E-state index >= 15 is 0 Å². The van der Waals surface area contributed by atoms with Gasteiger partial charge in [0.15, 0.2) is 12.1 Å². The number of aliphatic hydroxyl groups is 1. The van der Waals surface area contributed by atoms with Crippen molar-refractivity contribution in [3.05, 3.63) is 131 Å². The Balaban J connectivity index is 1.20. The first kappa shape index (κ1) is 31.4. The molecule has 3 aromatic carbocycles. The molecule has 0 saturated carbocycles. The summed E-state index contributed by atoms with van der Waals surface area (Å²) in [5.41, 5.74) is 4.65. The third kappa shape index (κ3) is 9.00. The van der Waals surface area contributed by atoms with Crippen molar-refractivity contribution < 1.29 is 24.2 Å². The van der Waals surface area contributed by atoms with Crippen molar-refractivity contribution in [2.24, 2.45) is 0 Å². The summed E-state index contributed by atoms with van der Waals surface area (Å²) in [5.74, 6) is 0.630. The Labute approximate surface area is 262 Å². The highest BCUT2D eigenvalue weighted by atomic mass is 32.2. The third-order valence-electron chi connectivity index (χ3n) is 7.45. The number of amides is 2. The summed E-state index contributed by atoms with van der Waals surface area (Å²) in [6, 6.07) is 30.1. The van der Waals surface area contributed by atoms with Crippen molar-refractivity contribution in [1.82, 2.24) is 15.6 Å². The van der Waals surface area contributed by atoms with E-state index in [4.69, 9.17) is 9.47 Å². The van der Waals surface area contributed by atoms with Gasteiger partial charge < -0.3 is 25.2 Å². The van der Waals surface area contributed by atoms with Gasteiger partial charge in [0.2, 0.25) is 0 Å². The molecule has 1 saturated heterocycles. The average Bonchev–Trinajstić information content (AvgIpc) is 3.07. The molecule has 44 heavy (non-hydrogen) atoms. The third-order valence-corrected chi connectivity index (χ3v) is 8.53. The van der Waals surface area contributed by atoms with Crippen LogP contribution in [0.4, 0.5) is 4.79 Å². The second-order valence-corrected chi connectivity index (χ2v) is 11.8. The van der Waals surface area contributed by atoms with Crippen molar-refractivity contribution >= 4 is 23.6 Å². The summed E-state index contributed by atoms with van der Waals surface area (Å²) < 4.78 is 12.9. The van der Waals surface area contributed by atoms with Crippen molar-refractivity contribution in [3.8, 4) is 0 Å². The topological polar surface area (TPSA) is 110 Å². The van der Waals surface area contributed by atoms with Crippen LogP contribution in [0.2, 0.25) is 0 Å². The predicted octanol–water partition coefficient (Wildman–Crippen LogP) is 5.91. The van der Waals surface area contributed by atoms with Crippen LogP contribution in [-0.4, -0.2) is 39.8 Å². The van der Waals surface area contributed by atoms with Crippen LogP contribution in [-0.2, 0) is 33.8 Å². The summed E-state index contributed by atoms with van der Waals surface area (Å²) in [6.45, 7) is 1.78. The van der Waals surface area contributed by atoms with Gasteiger partial charge in [-0.15, -0.1) is 11.8 Å². The first-order valence-electron chi connectivity index (χ1n) is 14.7. The summed E-state index contributed by atoms with van der Waals surface area (Å²) in [5, 5.41) is 16.0. The number of carbonyl (C=O) groups excluding carboxylic acids is 2. The summed E-state index contributed by atoms with van der Waals surface area (Å²) in [4.78, 5) is 29.2. The zero-order valence-electron chi connectivity index (χ0n) is 24.6. The average molecular weight is 612 g/mol. The van der Waals surface area contributed by atoms with Crippen molar-refractivity contribution in [3.63, 3.8) is 0 Å². The minimum Gasteiger partial charge on any atom is -0.392 e. The number of carbonyl (C=O) groups is 2. The molecule has 2 heterocycles. The smallest absolute Gasteiger partial charge is 0.315 e. The first-order valence-corrected chi connectivity index (χ1v) is 15.7. The molecule has 1 fully saturated rings. The van der Waals surface area contributed by atoms with Crippen LogP contribution >= 0.6 is 11.8 Å². The van der Waals surface area contributed by atoms with Gasteiger partial charge in [-0.05, 0) is 47.7 Å². The predicted molar refractivity (Wildman–Crippen MR) is 170 cm³/mol. The normalized spacial score (nSPS) is 18.7. The van der Waals surface area contributed by atoms with Crippen molar-refractivity contribution in [2.45, 2.75) is 62.5 Å². The quantitative estimate of drug-likeness (QED) is 0.171. The van der Waals surface area contributed by atoms with Crippen molar-refractivity contribution in [1.29, 1.82) is 0 Å². The van der Waals surface area contributed by atoms with Crippen LogP contribution in [0.25, 0.3) is 0 Å². The van der Waals surface area contributed by atoms with E-state index in [0.29, 0.717) is 19.4 Å². The minimum atomic E-state index is -0.600. The Bertz CT molecular complexity index is 1490. The lowest BCUT2D eigenvalue weighted by atomic mass is 10.0. The Morgan fingerprint density at radius 3 is 2.27 bits per heavy atom. The molecule has 2 amide bonds. The maximum Gasteiger partial charge on any atom is 0.315 e. The number of nitrogens with zero attached hydrogens (tertiary/aromatic N) is 1. The molecule has 4 aromatic rings. The van der Waals surface area contributed by atoms with E-state index in [1.807, 2.05) is 97.1 Å². The largest absolute Gasteiger partial charge is 0.392 e. The number of thioether (sulfide) groups is 1. The molecular weight excluding hydrogens is 574 g/mol.